The molecule has 0 saturated heterocycles. The summed E-state index contributed by atoms with van der Waals surface area (Å²) in [5.74, 6) is 0. The molecule has 1 aromatic carbocycles. The van der Waals surface area contributed by atoms with Crippen LogP contribution in [0.4, 0.5) is 0 Å². The van der Waals surface area contributed by atoms with Gasteiger partial charge in [-0.25, -0.2) is 0 Å². The van der Waals surface area contributed by atoms with E-state index in [0.717, 1.165) is 24.4 Å². The molecule has 0 spiro atoms. The maximum absolute atomic E-state index is 5.96. The highest BCUT2D eigenvalue weighted by atomic mass is 35.5. The first kappa shape index (κ1) is 10.7. The number of hydrogen-bond acceptors (Lipinski definition) is 1. The second-order valence-electron chi connectivity index (χ2n) is 4.36. The summed E-state index contributed by atoms with van der Waals surface area (Å²) in [7, 11) is 0. The highest BCUT2D eigenvalue weighted by Gasteiger charge is 2.20. The average Bonchev–Trinajstić information content (AvgIpc) is 2.56. The Morgan fingerprint density at radius 1 is 1.47 bits per heavy atom. The zero-order valence-electron chi connectivity index (χ0n) is 9.02. The van der Waals surface area contributed by atoms with Crippen molar-refractivity contribution in [2.45, 2.75) is 25.8 Å². The standard InChI is InChI=1S/C13H16ClN/c1-9(2)8-15-13-6-10-3-4-12(14)5-11(10)7-13/h3-5,13,15H,1,6-8H2,2H3. The lowest BCUT2D eigenvalue weighted by Gasteiger charge is -2.11. The van der Waals surface area contributed by atoms with Crippen LogP contribution in [-0.2, 0) is 12.8 Å². The summed E-state index contributed by atoms with van der Waals surface area (Å²) in [6.45, 7) is 6.85. The Hall–Kier alpha value is -0.790. The van der Waals surface area contributed by atoms with E-state index in [2.05, 4.69) is 24.0 Å². The van der Waals surface area contributed by atoms with Gasteiger partial charge in [0.2, 0.25) is 0 Å². The van der Waals surface area contributed by atoms with E-state index in [1.54, 1.807) is 0 Å². The van der Waals surface area contributed by atoms with E-state index in [0.29, 0.717) is 6.04 Å². The summed E-state index contributed by atoms with van der Waals surface area (Å²) in [4.78, 5) is 0. The molecule has 0 bridgehead atoms. The lowest BCUT2D eigenvalue weighted by atomic mass is 10.1. The second kappa shape index (κ2) is 4.38. The van der Waals surface area contributed by atoms with E-state index in [1.807, 2.05) is 13.0 Å². The third-order valence-electron chi connectivity index (χ3n) is 2.79. The minimum Gasteiger partial charge on any atom is -0.310 e. The molecular weight excluding hydrogens is 206 g/mol. The van der Waals surface area contributed by atoms with Gasteiger partial charge in [-0.3, -0.25) is 0 Å². The van der Waals surface area contributed by atoms with Gasteiger partial charge in [-0.1, -0.05) is 29.8 Å². The van der Waals surface area contributed by atoms with Crippen molar-refractivity contribution in [3.63, 3.8) is 0 Å². The van der Waals surface area contributed by atoms with E-state index in [4.69, 9.17) is 11.6 Å². The number of rotatable bonds is 3. The maximum atomic E-state index is 5.96. The first-order valence-corrected chi connectivity index (χ1v) is 5.68. The first-order valence-electron chi connectivity index (χ1n) is 5.30. The van der Waals surface area contributed by atoms with Crippen molar-refractivity contribution >= 4 is 11.6 Å². The molecule has 2 rings (SSSR count). The van der Waals surface area contributed by atoms with E-state index in [-0.39, 0.29) is 0 Å². The Kier molecular flexibility index (Phi) is 3.13. The van der Waals surface area contributed by atoms with Gasteiger partial charge >= 0.3 is 0 Å². The Labute approximate surface area is 96.1 Å². The summed E-state index contributed by atoms with van der Waals surface area (Å²) in [6.07, 6.45) is 2.20. The quantitative estimate of drug-likeness (QED) is 0.774. The first-order chi connectivity index (χ1) is 7.15. The summed E-state index contributed by atoms with van der Waals surface area (Å²) in [5, 5.41) is 4.35. The Morgan fingerprint density at radius 3 is 2.93 bits per heavy atom. The van der Waals surface area contributed by atoms with Crippen molar-refractivity contribution in [2.24, 2.45) is 0 Å². The van der Waals surface area contributed by atoms with Crippen molar-refractivity contribution in [3.05, 3.63) is 46.5 Å². The minimum absolute atomic E-state index is 0.551. The van der Waals surface area contributed by atoms with Crippen molar-refractivity contribution in [1.82, 2.24) is 5.32 Å². The van der Waals surface area contributed by atoms with Crippen molar-refractivity contribution in [3.8, 4) is 0 Å². The molecule has 1 aliphatic carbocycles. The van der Waals surface area contributed by atoms with E-state index < -0.39 is 0 Å². The third kappa shape index (κ3) is 2.61. The minimum atomic E-state index is 0.551. The number of halogens is 1. The normalized spacial score (nSPS) is 18.9. The molecule has 0 aromatic heterocycles. The van der Waals surface area contributed by atoms with E-state index in [9.17, 15) is 0 Å². The second-order valence-corrected chi connectivity index (χ2v) is 4.79. The van der Waals surface area contributed by atoms with Crippen LogP contribution in [0, 0.1) is 0 Å². The molecule has 0 radical (unpaired) electrons. The predicted molar refractivity (Wildman–Crippen MR) is 65.5 cm³/mol. The van der Waals surface area contributed by atoms with Gasteiger partial charge in [0, 0.05) is 17.6 Å². The summed E-state index contributed by atoms with van der Waals surface area (Å²) in [6, 6.07) is 6.75. The average molecular weight is 222 g/mol. The molecule has 2 heteroatoms. The molecule has 1 nitrogen and oxygen atoms in total. The monoisotopic (exact) mass is 221 g/mol. The van der Waals surface area contributed by atoms with Crippen LogP contribution in [0.2, 0.25) is 5.02 Å². The largest absolute Gasteiger partial charge is 0.310 e. The zero-order valence-corrected chi connectivity index (χ0v) is 9.77. The van der Waals surface area contributed by atoms with Gasteiger partial charge < -0.3 is 5.32 Å². The van der Waals surface area contributed by atoms with Gasteiger partial charge in [-0.15, -0.1) is 0 Å². The Morgan fingerprint density at radius 2 is 2.20 bits per heavy atom. The molecule has 1 unspecified atom stereocenters. The Bertz CT molecular complexity index is 384. The van der Waals surface area contributed by atoms with Gasteiger partial charge in [0.05, 0.1) is 0 Å². The molecule has 0 saturated carbocycles. The van der Waals surface area contributed by atoms with Gasteiger partial charge in [0.25, 0.3) is 0 Å². The molecule has 80 valence electrons. The van der Waals surface area contributed by atoms with Crippen LogP contribution >= 0.6 is 11.6 Å². The number of hydrogen-bond donors (Lipinski definition) is 1. The van der Waals surface area contributed by atoms with Crippen LogP contribution < -0.4 is 5.32 Å². The van der Waals surface area contributed by atoms with Crippen LogP contribution in [0.5, 0.6) is 0 Å². The lowest BCUT2D eigenvalue weighted by molar-refractivity contribution is 0.559. The van der Waals surface area contributed by atoms with Crippen LogP contribution in [0.25, 0.3) is 0 Å². The summed E-state index contributed by atoms with van der Waals surface area (Å²) < 4.78 is 0. The number of nitrogens with one attached hydrogen (secondary N) is 1. The van der Waals surface area contributed by atoms with Gasteiger partial charge in [0.15, 0.2) is 0 Å². The molecule has 0 aliphatic heterocycles. The maximum Gasteiger partial charge on any atom is 0.0408 e. The van der Waals surface area contributed by atoms with Crippen LogP contribution in [-0.4, -0.2) is 12.6 Å². The van der Waals surface area contributed by atoms with Crippen molar-refractivity contribution < 1.29 is 0 Å². The molecule has 15 heavy (non-hydrogen) atoms. The summed E-state index contributed by atoms with van der Waals surface area (Å²) in [5.41, 5.74) is 4.00. The number of benzene rings is 1. The summed E-state index contributed by atoms with van der Waals surface area (Å²) >= 11 is 5.96. The van der Waals surface area contributed by atoms with Crippen molar-refractivity contribution in [2.75, 3.05) is 6.54 Å². The fourth-order valence-electron chi connectivity index (χ4n) is 2.05. The molecule has 0 heterocycles. The molecule has 1 atom stereocenters. The Balaban J connectivity index is 2.00. The molecule has 1 aromatic rings. The number of fused-ring (bicyclic) bond motifs is 1. The topological polar surface area (TPSA) is 12.0 Å². The zero-order chi connectivity index (χ0) is 10.8. The third-order valence-corrected chi connectivity index (χ3v) is 3.03. The van der Waals surface area contributed by atoms with E-state index >= 15 is 0 Å². The molecule has 0 amide bonds. The van der Waals surface area contributed by atoms with Gasteiger partial charge in [-0.05, 0) is 43.0 Å². The van der Waals surface area contributed by atoms with Gasteiger partial charge in [-0.2, -0.15) is 0 Å². The van der Waals surface area contributed by atoms with E-state index in [1.165, 1.54) is 16.7 Å². The SMILES string of the molecule is C=C(C)CNC1Cc2ccc(Cl)cc2C1. The molecular formula is C13H16ClN. The highest BCUT2D eigenvalue weighted by molar-refractivity contribution is 6.30. The predicted octanol–water partition coefficient (Wildman–Crippen LogP) is 2.97. The molecule has 0 fully saturated rings. The highest BCUT2D eigenvalue weighted by Crippen LogP contribution is 2.25. The van der Waals surface area contributed by atoms with Crippen LogP contribution in [0.1, 0.15) is 18.1 Å². The lowest BCUT2D eigenvalue weighted by Crippen LogP contribution is -2.30. The fourth-order valence-corrected chi connectivity index (χ4v) is 2.24. The smallest absolute Gasteiger partial charge is 0.0408 e. The van der Waals surface area contributed by atoms with Gasteiger partial charge in [0.1, 0.15) is 0 Å². The van der Waals surface area contributed by atoms with Crippen molar-refractivity contribution in [1.29, 1.82) is 0 Å². The van der Waals surface area contributed by atoms with Crippen LogP contribution in [0.15, 0.2) is 30.4 Å². The van der Waals surface area contributed by atoms with Crippen LogP contribution in [0.3, 0.4) is 0 Å². The fraction of sp³-hybridized carbons (Fsp3) is 0.385. The molecule has 1 N–H and O–H groups in total. The molecule has 1 aliphatic rings.